The average molecular weight is 318 g/mol. The van der Waals surface area contributed by atoms with E-state index in [0.29, 0.717) is 13.2 Å². The fourth-order valence-electron chi connectivity index (χ4n) is 1.92. The third kappa shape index (κ3) is 4.38. The van der Waals surface area contributed by atoms with E-state index in [1.807, 2.05) is 0 Å². The number of aliphatic hydroxyl groups is 1. The van der Waals surface area contributed by atoms with Gasteiger partial charge in [-0.1, -0.05) is 6.07 Å². The Balaban J connectivity index is 3.42. The first-order valence-electron chi connectivity index (χ1n) is 6.15. The summed E-state index contributed by atoms with van der Waals surface area (Å²) in [4.78, 5) is 11.8. The predicted molar refractivity (Wildman–Crippen MR) is 77.4 cm³/mol. The van der Waals surface area contributed by atoms with Crippen LogP contribution in [-0.2, 0) is 14.6 Å². The van der Waals surface area contributed by atoms with Gasteiger partial charge in [-0.3, -0.25) is 10.1 Å². The van der Waals surface area contributed by atoms with Gasteiger partial charge >= 0.3 is 5.69 Å². The first-order valence-corrected chi connectivity index (χ1v) is 8.04. The monoisotopic (exact) mass is 318 g/mol. The standard InChI is InChI=1S/C12H18N2O6S/c1-20-9-7-13(6-8-15)10-4-3-5-11(21(2,18)19)12(10)14(16)17/h3-5,15H,6-9H2,1-2H3. The Morgan fingerprint density at radius 1 is 1.38 bits per heavy atom. The van der Waals surface area contributed by atoms with Gasteiger partial charge in [-0.2, -0.15) is 0 Å². The van der Waals surface area contributed by atoms with E-state index in [1.54, 1.807) is 0 Å². The zero-order valence-corrected chi connectivity index (χ0v) is 12.7. The minimum Gasteiger partial charge on any atom is -0.395 e. The quantitative estimate of drug-likeness (QED) is 0.547. The Kier molecular flexibility index (Phi) is 6.06. The molecule has 0 fully saturated rings. The molecule has 118 valence electrons. The second-order valence-electron chi connectivity index (χ2n) is 4.36. The molecule has 0 amide bonds. The lowest BCUT2D eigenvalue weighted by Crippen LogP contribution is -2.31. The molecule has 0 bridgehead atoms. The van der Waals surface area contributed by atoms with E-state index < -0.39 is 20.4 Å². The molecule has 0 aliphatic rings. The molecule has 0 aromatic heterocycles. The highest BCUT2D eigenvalue weighted by Crippen LogP contribution is 2.34. The maximum Gasteiger partial charge on any atom is 0.311 e. The summed E-state index contributed by atoms with van der Waals surface area (Å²) in [6, 6.07) is 4.10. The number of sulfone groups is 1. The molecule has 0 aliphatic heterocycles. The molecule has 0 unspecified atom stereocenters. The maximum atomic E-state index is 11.7. The van der Waals surface area contributed by atoms with Crippen molar-refractivity contribution in [3.63, 3.8) is 0 Å². The summed E-state index contributed by atoms with van der Waals surface area (Å²) >= 11 is 0. The lowest BCUT2D eigenvalue weighted by atomic mass is 10.2. The topological polar surface area (TPSA) is 110 Å². The van der Waals surface area contributed by atoms with E-state index in [9.17, 15) is 18.5 Å². The Hall–Kier alpha value is -1.71. The fraction of sp³-hybridized carbons (Fsp3) is 0.500. The summed E-state index contributed by atoms with van der Waals surface area (Å²) < 4.78 is 28.3. The number of methoxy groups -OCH3 is 1. The van der Waals surface area contributed by atoms with Crippen molar-refractivity contribution >= 4 is 21.2 Å². The van der Waals surface area contributed by atoms with Gasteiger partial charge in [0.1, 0.15) is 10.6 Å². The van der Waals surface area contributed by atoms with E-state index >= 15 is 0 Å². The SMILES string of the molecule is COCCN(CCO)c1cccc(S(C)(=O)=O)c1[N+](=O)[O-]. The Morgan fingerprint density at radius 3 is 2.52 bits per heavy atom. The van der Waals surface area contributed by atoms with Gasteiger partial charge in [-0.15, -0.1) is 0 Å². The van der Waals surface area contributed by atoms with Crippen LogP contribution in [0.25, 0.3) is 0 Å². The van der Waals surface area contributed by atoms with Crippen LogP contribution in [0.5, 0.6) is 0 Å². The van der Waals surface area contributed by atoms with Crippen molar-refractivity contribution in [3.8, 4) is 0 Å². The third-order valence-electron chi connectivity index (χ3n) is 2.84. The Labute approximate surface area is 123 Å². The second kappa shape index (κ2) is 7.34. The first-order chi connectivity index (χ1) is 9.82. The highest BCUT2D eigenvalue weighted by molar-refractivity contribution is 7.90. The van der Waals surface area contributed by atoms with Crippen molar-refractivity contribution in [2.45, 2.75) is 4.90 Å². The molecule has 0 aliphatic carbocycles. The van der Waals surface area contributed by atoms with Crippen molar-refractivity contribution in [3.05, 3.63) is 28.3 Å². The molecule has 0 radical (unpaired) electrons. The van der Waals surface area contributed by atoms with Crippen LogP contribution in [-0.4, -0.2) is 58.1 Å². The van der Waals surface area contributed by atoms with Gasteiger partial charge in [0.05, 0.1) is 18.1 Å². The Bertz CT molecular complexity index is 602. The molecule has 9 heteroatoms. The number of nitro benzene ring substituents is 1. The highest BCUT2D eigenvalue weighted by atomic mass is 32.2. The zero-order valence-electron chi connectivity index (χ0n) is 11.9. The number of anilines is 1. The van der Waals surface area contributed by atoms with E-state index in [-0.39, 0.29) is 23.7 Å². The predicted octanol–water partition coefficient (Wildman–Crippen LogP) is 0.443. The average Bonchev–Trinajstić information content (AvgIpc) is 2.41. The normalized spacial score (nSPS) is 11.4. The minimum absolute atomic E-state index is 0.136. The molecule has 8 nitrogen and oxygen atoms in total. The molecule has 1 N–H and O–H groups in total. The van der Waals surface area contributed by atoms with Gasteiger partial charge in [0, 0.05) is 26.5 Å². The summed E-state index contributed by atoms with van der Waals surface area (Å²) in [5.74, 6) is 0. The molecule has 21 heavy (non-hydrogen) atoms. The van der Waals surface area contributed by atoms with Crippen LogP contribution < -0.4 is 4.90 Å². The van der Waals surface area contributed by atoms with Crippen LogP contribution in [0, 0.1) is 10.1 Å². The van der Waals surface area contributed by atoms with Gasteiger partial charge in [-0.05, 0) is 12.1 Å². The van der Waals surface area contributed by atoms with Gasteiger partial charge in [0.25, 0.3) is 0 Å². The van der Waals surface area contributed by atoms with Crippen LogP contribution in [0.1, 0.15) is 0 Å². The molecule has 0 spiro atoms. The van der Waals surface area contributed by atoms with Gasteiger partial charge < -0.3 is 14.7 Å². The maximum absolute atomic E-state index is 11.7. The number of nitro groups is 1. The largest absolute Gasteiger partial charge is 0.395 e. The summed E-state index contributed by atoms with van der Waals surface area (Å²) in [5.41, 5.74) is -0.335. The lowest BCUT2D eigenvalue weighted by Gasteiger charge is -2.23. The number of para-hydroxylation sites is 1. The van der Waals surface area contributed by atoms with Crippen molar-refractivity contribution in [1.29, 1.82) is 0 Å². The fourth-order valence-corrected chi connectivity index (χ4v) is 2.78. The van der Waals surface area contributed by atoms with Crippen molar-refractivity contribution in [2.24, 2.45) is 0 Å². The van der Waals surface area contributed by atoms with Crippen LogP contribution in [0.3, 0.4) is 0 Å². The van der Waals surface area contributed by atoms with Crippen LogP contribution in [0.2, 0.25) is 0 Å². The lowest BCUT2D eigenvalue weighted by molar-refractivity contribution is -0.387. The number of ether oxygens (including phenoxy) is 1. The molecular weight excluding hydrogens is 300 g/mol. The van der Waals surface area contributed by atoms with Crippen LogP contribution in [0.15, 0.2) is 23.1 Å². The van der Waals surface area contributed by atoms with Gasteiger partial charge in [0.2, 0.25) is 0 Å². The molecule has 0 atom stereocenters. The second-order valence-corrected chi connectivity index (χ2v) is 6.34. The van der Waals surface area contributed by atoms with Crippen LogP contribution >= 0.6 is 0 Å². The third-order valence-corrected chi connectivity index (χ3v) is 3.96. The van der Waals surface area contributed by atoms with Gasteiger partial charge in [0.15, 0.2) is 9.84 Å². The van der Waals surface area contributed by atoms with Gasteiger partial charge in [-0.25, -0.2) is 8.42 Å². The van der Waals surface area contributed by atoms with E-state index in [0.717, 1.165) is 6.26 Å². The van der Waals surface area contributed by atoms with E-state index in [1.165, 1.54) is 30.2 Å². The summed E-state index contributed by atoms with van der Waals surface area (Å²) in [7, 11) is -2.25. The van der Waals surface area contributed by atoms with Crippen molar-refractivity contribution in [2.75, 3.05) is 44.6 Å². The van der Waals surface area contributed by atoms with Crippen molar-refractivity contribution in [1.82, 2.24) is 0 Å². The number of hydrogen-bond donors (Lipinski definition) is 1. The summed E-state index contributed by atoms with van der Waals surface area (Å²) in [6.45, 7) is 0.507. The minimum atomic E-state index is -3.73. The summed E-state index contributed by atoms with van der Waals surface area (Å²) in [6.07, 6.45) is 0.921. The molecule has 0 saturated carbocycles. The first kappa shape index (κ1) is 17.3. The zero-order chi connectivity index (χ0) is 16.0. The number of aliphatic hydroxyl groups excluding tert-OH is 1. The highest BCUT2D eigenvalue weighted by Gasteiger charge is 2.28. The number of hydrogen-bond acceptors (Lipinski definition) is 7. The summed E-state index contributed by atoms with van der Waals surface area (Å²) in [5, 5.41) is 20.4. The van der Waals surface area contributed by atoms with Crippen molar-refractivity contribution < 1.29 is 23.2 Å². The molecular formula is C12H18N2O6S. The molecule has 0 saturated heterocycles. The smallest absolute Gasteiger partial charge is 0.311 e. The molecule has 1 aromatic carbocycles. The number of rotatable bonds is 8. The van der Waals surface area contributed by atoms with E-state index in [2.05, 4.69) is 0 Å². The molecule has 0 heterocycles. The Morgan fingerprint density at radius 2 is 2.05 bits per heavy atom. The molecule has 1 aromatic rings. The van der Waals surface area contributed by atoms with Crippen LogP contribution in [0.4, 0.5) is 11.4 Å². The number of benzene rings is 1. The molecule has 1 rings (SSSR count). The van der Waals surface area contributed by atoms with E-state index in [4.69, 9.17) is 9.84 Å². The number of nitrogens with zero attached hydrogens (tertiary/aromatic N) is 2.